The number of unbranched alkanes of at least 4 members (excludes halogenated alkanes) is 1. The lowest BCUT2D eigenvalue weighted by Crippen LogP contribution is -2.41. The van der Waals surface area contributed by atoms with Crippen LogP contribution in [-0.4, -0.2) is 47.9 Å². The summed E-state index contributed by atoms with van der Waals surface area (Å²) in [6, 6.07) is -1.34. The van der Waals surface area contributed by atoms with Crippen molar-refractivity contribution in [2.45, 2.75) is 93.6 Å². The molecule has 2 heterocycles. The van der Waals surface area contributed by atoms with E-state index in [0.717, 1.165) is 36.8 Å². The third-order valence-electron chi connectivity index (χ3n) is 5.13. The van der Waals surface area contributed by atoms with Crippen molar-refractivity contribution >= 4 is 35.7 Å². The third-order valence-corrected chi connectivity index (χ3v) is 5.13. The fourth-order valence-electron chi connectivity index (χ4n) is 3.31. The highest BCUT2D eigenvalue weighted by atomic mass is 16.5. The zero-order chi connectivity index (χ0) is 27.6. The zero-order valence-corrected chi connectivity index (χ0v) is 23.0. The Bertz CT molecular complexity index is 990. The van der Waals surface area contributed by atoms with Crippen LogP contribution in [0.5, 0.6) is 0 Å². The molecule has 0 spiro atoms. The normalized spacial score (nSPS) is 16.7. The number of aliphatic imine (C=N–C) groups is 2. The van der Waals surface area contributed by atoms with Crippen molar-refractivity contribution in [3.05, 3.63) is 22.3 Å². The number of amides is 6. The Morgan fingerprint density at radius 1 is 0.833 bits per heavy atom. The topological polar surface area (TPSA) is 136 Å². The molecule has 2 rings (SSSR count). The molecule has 0 aromatic heterocycles. The van der Waals surface area contributed by atoms with E-state index in [0.29, 0.717) is 23.7 Å². The van der Waals surface area contributed by atoms with Crippen molar-refractivity contribution < 1.29 is 28.7 Å². The molecule has 2 aliphatic heterocycles. The summed E-state index contributed by atoms with van der Waals surface area (Å²) in [7, 11) is 0. The van der Waals surface area contributed by atoms with E-state index in [1.807, 2.05) is 20.8 Å². The average molecular weight is 505 g/mol. The number of urea groups is 2. The molecule has 2 aliphatic rings. The SMILES string of the molecule is CC(C)=C1C(=O)NC(=O)N=C1OC(C)(C)C.CCCCC(CC)COC1=NC(=O)NC(=O)C1=C(C)C. The summed E-state index contributed by atoms with van der Waals surface area (Å²) >= 11 is 0. The molecular weight excluding hydrogens is 464 g/mol. The Kier molecular flexibility index (Phi) is 11.7. The first-order chi connectivity index (χ1) is 16.7. The van der Waals surface area contributed by atoms with Gasteiger partial charge in [-0.1, -0.05) is 44.3 Å². The Morgan fingerprint density at radius 3 is 1.72 bits per heavy atom. The standard InChI is InChI=1S/C15H24N2O3.C11H16N2O3/c1-5-7-8-11(6-2)9-20-14-12(10(3)4)13(18)16-15(19)17-14;1-6(2)7-8(14)12-10(15)13-9(7)16-11(3,4)5/h11H,5-9H2,1-4H3,(H,16,18,19);1-5H3,(H,12,14,15). The summed E-state index contributed by atoms with van der Waals surface area (Å²) in [5, 5.41) is 4.30. The van der Waals surface area contributed by atoms with Crippen LogP contribution >= 0.6 is 0 Å². The highest BCUT2D eigenvalue weighted by Gasteiger charge is 2.30. The molecule has 1 unspecified atom stereocenters. The number of nitrogens with zero attached hydrogens (tertiary/aromatic N) is 2. The van der Waals surface area contributed by atoms with E-state index < -0.39 is 29.5 Å². The van der Waals surface area contributed by atoms with Crippen molar-refractivity contribution in [3.63, 3.8) is 0 Å². The predicted molar refractivity (Wildman–Crippen MR) is 139 cm³/mol. The monoisotopic (exact) mass is 504 g/mol. The first-order valence-electron chi connectivity index (χ1n) is 12.3. The van der Waals surface area contributed by atoms with Gasteiger partial charge in [0.2, 0.25) is 11.8 Å². The number of allylic oxidation sites excluding steroid dienone is 2. The zero-order valence-electron chi connectivity index (χ0n) is 23.0. The molecule has 36 heavy (non-hydrogen) atoms. The number of hydrogen-bond acceptors (Lipinski definition) is 6. The second-order valence-corrected chi connectivity index (χ2v) is 10.0. The minimum atomic E-state index is -0.686. The molecule has 2 N–H and O–H groups in total. The summed E-state index contributed by atoms with van der Waals surface area (Å²) in [6.45, 7) is 17.4. The highest BCUT2D eigenvalue weighted by Crippen LogP contribution is 2.18. The summed E-state index contributed by atoms with van der Waals surface area (Å²) < 4.78 is 11.2. The Balaban J connectivity index is 0.000000369. The molecule has 0 fully saturated rings. The molecule has 0 radical (unpaired) electrons. The van der Waals surface area contributed by atoms with Gasteiger partial charge < -0.3 is 9.47 Å². The molecule has 0 aromatic rings. The van der Waals surface area contributed by atoms with Gasteiger partial charge in [-0.25, -0.2) is 9.59 Å². The highest BCUT2D eigenvalue weighted by molar-refractivity contribution is 6.28. The Labute approximate surface area is 213 Å². The first-order valence-corrected chi connectivity index (χ1v) is 12.3. The summed E-state index contributed by atoms with van der Waals surface area (Å²) in [6.07, 6.45) is 4.41. The lowest BCUT2D eigenvalue weighted by molar-refractivity contribution is -0.117. The van der Waals surface area contributed by atoms with E-state index in [1.54, 1.807) is 27.7 Å². The van der Waals surface area contributed by atoms with E-state index >= 15 is 0 Å². The number of carbonyl (C=O) groups excluding carboxylic acids is 4. The first kappa shape index (κ1) is 30.7. The van der Waals surface area contributed by atoms with Gasteiger partial charge in [-0.15, -0.1) is 0 Å². The van der Waals surface area contributed by atoms with Gasteiger partial charge in [0.15, 0.2) is 0 Å². The molecule has 0 bridgehead atoms. The van der Waals surface area contributed by atoms with Gasteiger partial charge in [0.05, 0.1) is 6.61 Å². The fraction of sp³-hybridized carbons (Fsp3) is 0.615. The van der Waals surface area contributed by atoms with Crippen LogP contribution in [0, 0.1) is 5.92 Å². The van der Waals surface area contributed by atoms with Crippen LogP contribution in [0.2, 0.25) is 0 Å². The van der Waals surface area contributed by atoms with E-state index in [9.17, 15) is 19.2 Å². The van der Waals surface area contributed by atoms with Gasteiger partial charge in [0.25, 0.3) is 11.8 Å². The van der Waals surface area contributed by atoms with E-state index in [1.165, 1.54) is 0 Å². The van der Waals surface area contributed by atoms with E-state index in [-0.39, 0.29) is 11.8 Å². The van der Waals surface area contributed by atoms with Crippen LogP contribution in [-0.2, 0) is 19.1 Å². The molecule has 0 aliphatic carbocycles. The summed E-state index contributed by atoms with van der Waals surface area (Å²) in [5.74, 6) is -0.202. The minimum Gasteiger partial charge on any atom is -0.477 e. The second kappa shape index (κ2) is 13.7. The molecule has 0 saturated heterocycles. The number of imide groups is 2. The number of nitrogens with one attached hydrogen (secondary N) is 2. The number of carbonyl (C=O) groups is 4. The van der Waals surface area contributed by atoms with Crippen molar-refractivity contribution in [1.29, 1.82) is 0 Å². The second-order valence-electron chi connectivity index (χ2n) is 10.0. The quantitative estimate of drug-likeness (QED) is 0.489. The Morgan fingerprint density at radius 2 is 1.31 bits per heavy atom. The van der Waals surface area contributed by atoms with Gasteiger partial charge >= 0.3 is 12.1 Å². The van der Waals surface area contributed by atoms with Crippen LogP contribution in [0.3, 0.4) is 0 Å². The number of ether oxygens (including phenoxy) is 2. The van der Waals surface area contributed by atoms with E-state index in [2.05, 4.69) is 34.5 Å². The van der Waals surface area contributed by atoms with Crippen molar-refractivity contribution in [2.24, 2.45) is 15.9 Å². The van der Waals surface area contributed by atoms with Gasteiger partial charge in [-0.3, -0.25) is 20.2 Å². The van der Waals surface area contributed by atoms with Gasteiger partial charge in [0.1, 0.15) is 16.7 Å². The summed E-state index contributed by atoms with van der Waals surface area (Å²) in [4.78, 5) is 53.3. The number of rotatable bonds is 6. The number of hydrogen-bond donors (Lipinski definition) is 2. The lowest BCUT2D eigenvalue weighted by atomic mass is 10.0. The Hall–Kier alpha value is -3.30. The maximum Gasteiger partial charge on any atom is 0.351 e. The van der Waals surface area contributed by atoms with Crippen LogP contribution in [0.15, 0.2) is 32.3 Å². The molecule has 10 nitrogen and oxygen atoms in total. The molecule has 1 atom stereocenters. The van der Waals surface area contributed by atoms with E-state index in [4.69, 9.17) is 9.47 Å². The van der Waals surface area contributed by atoms with Crippen LogP contribution in [0.25, 0.3) is 0 Å². The maximum atomic E-state index is 11.8. The van der Waals surface area contributed by atoms with Gasteiger partial charge in [-0.05, 0) is 60.8 Å². The molecule has 0 aromatic carbocycles. The fourth-order valence-corrected chi connectivity index (χ4v) is 3.31. The molecule has 200 valence electrons. The van der Waals surface area contributed by atoms with Crippen molar-refractivity contribution in [1.82, 2.24) is 10.6 Å². The largest absolute Gasteiger partial charge is 0.477 e. The average Bonchev–Trinajstić information content (AvgIpc) is 2.71. The van der Waals surface area contributed by atoms with Crippen LogP contribution in [0.4, 0.5) is 9.59 Å². The van der Waals surface area contributed by atoms with Gasteiger partial charge in [0, 0.05) is 0 Å². The third kappa shape index (κ3) is 9.75. The minimum absolute atomic E-state index is 0.0984. The van der Waals surface area contributed by atoms with Crippen molar-refractivity contribution in [2.75, 3.05) is 6.61 Å². The van der Waals surface area contributed by atoms with Gasteiger partial charge in [-0.2, -0.15) is 9.98 Å². The molecule has 0 saturated carbocycles. The lowest BCUT2D eigenvalue weighted by Gasteiger charge is -2.25. The summed E-state index contributed by atoms with van der Waals surface area (Å²) in [5.41, 5.74) is 1.74. The molecule has 6 amide bonds. The predicted octanol–water partition coefficient (Wildman–Crippen LogP) is 4.99. The molecule has 10 heteroatoms. The smallest absolute Gasteiger partial charge is 0.351 e. The van der Waals surface area contributed by atoms with Crippen molar-refractivity contribution in [3.8, 4) is 0 Å². The maximum absolute atomic E-state index is 11.8. The van der Waals surface area contributed by atoms with Crippen LogP contribution < -0.4 is 10.6 Å². The molecular formula is C26H40N4O6. The van der Waals surface area contributed by atoms with Crippen LogP contribution in [0.1, 0.15) is 88.0 Å².